The molecule has 0 aliphatic carbocycles. The first-order valence-electron chi connectivity index (χ1n) is 6.34. The molecule has 16 heavy (non-hydrogen) atoms. The van der Waals surface area contributed by atoms with Crippen LogP contribution in [0.25, 0.3) is 0 Å². The highest BCUT2D eigenvalue weighted by atomic mass is 16.5. The zero-order valence-electron chi connectivity index (χ0n) is 10.1. The first kappa shape index (κ1) is 11.9. The van der Waals surface area contributed by atoms with Crippen LogP contribution in [-0.2, 0) is 9.53 Å². The number of likely N-dealkylation sites (N-methyl/N-ethyl adjacent to an activating group) is 1. The number of carbonyl (C=O) groups excluding carboxylic acids is 1. The summed E-state index contributed by atoms with van der Waals surface area (Å²) in [4.78, 5) is 13.9. The Morgan fingerprint density at radius 1 is 1.44 bits per heavy atom. The molecule has 0 aromatic rings. The van der Waals surface area contributed by atoms with Crippen LogP contribution in [0.2, 0.25) is 0 Å². The number of hydrogen-bond donors (Lipinski definition) is 1. The first-order chi connectivity index (χ1) is 7.77. The fourth-order valence-corrected chi connectivity index (χ4v) is 2.48. The lowest BCUT2D eigenvalue weighted by molar-refractivity contribution is -0.132. The van der Waals surface area contributed by atoms with Gasteiger partial charge in [0.25, 0.3) is 0 Å². The van der Waals surface area contributed by atoms with E-state index in [1.165, 1.54) is 12.8 Å². The Morgan fingerprint density at radius 2 is 2.31 bits per heavy atom. The molecule has 1 amide bonds. The average molecular weight is 226 g/mol. The van der Waals surface area contributed by atoms with Crippen LogP contribution in [0, 0.1) is 0 Å². The summed E-state index contributed by atoms with van der Waals surface area (Å²) in [6, 6.07) is 0.696. The summed E-state index contributed by atoms with van der Waals surface area (Å²) in [6.45, 7) is 2.57. The van der Waals surface area contributed by atoms with Crippen molar-refractivity contribution in [2.45, 2.75) is 44.2 Å². The molecule has 2 atom stereocenters. The highest BCUT2D eigenvalue weighted by Crippen LogP contribution is 2.15. The van der Waals surface area contributed by atoms with Gasteiger partial charge in [-0.3, -0.25) is 4.79 Å². The van der Waals surface area contributed by atoms with Crippen molar-refractivity contribution in [3.05, 3.63) is 0 Å². The number of carbonyl (C=O) groups is 1. The molecule has 4 nitrogen and oxygen atoms in total. The molecule has 2 aliphatic heterocycles. The van der Waals surface area contributed by atoms with Crippen LogP contribution in [0.3, 0.4) is 0 Å². The number of hydrogen-bond acceptors (Lipinski definition) is 3. The van der Waals surface area contributed by atoms with Gasteiger partial charge in [0, 0.05) is 26.1 Å². The fraction of sp³-hybridized carbons (Fsp3) is 0.917. The maximum absolute atomic E-state index is 12.0. The number of amides is 1. The van der Waals surface area contributed by atoms with Gasteiger partial charge in [0.15, 0.2) is 0 Å². The molecule has 2 unspecified atom stereocenters. The van der Waals surface area contributed by atoms with Gasteiger partial charge in [0.2, 0.25) is 5.91 Å². The normalized spacial score (nSPS) is 30.3. The Hall–Kier alpha value is -0.610. The molecule has 92 valence electrons. The van der Waals surface area contributed by atoms with Crippen LogP contribution < -0.4 is 5.32 Å². The van der Waals surface area contributed by atoms with E-state index in [9.17, 15) is 4.79 Å². The third kappa shape index (κ3) is 2.95. The summed E-state index contributed by atoms with van der Waals surface area (Å²) in [7, 11) is 1.91. The van der Waals surface area contributed by atoms with Crippen LogP contribution in [0.15, 0.2) is 0 Å². The molecule has 0 bridgehead atoms. The summed E-state index contributed by atoms with van der Waals surface area (Å²) >= 11 is 0. The minimum atomic E-state index is 0.259. The summed E-state index contributed by atoms with van der Waals surface area (Å²) in [6.07, 6.45) is 5.27. The Morgan fingerprint density at radius 3 is 2.94 bits per heavy atom. The summed E-state index contributed by atoms with van der Waals surface area (Å²) in [5, 5.41) is 3.42. The van der Waals surface area contributed by atoms with Crippen molar-refractivity contribution in [2.24, 2.45) is 0 Å². The number of piperidine rings is 1. The van der Waals surface area contributed by atoms with Crippen molar-refractivity contribution < 1.29 is 9.53 Å². The SMILES string of the molecule is CN(C(=O)CC1CCCCN1)C1CCOC1. The Kier molecular flexibility index (Phi) is 4.18. The zero-order chi connectivity index (χ0) is 11.4. The quantitative estimate of drug-likeness (QED) is 0.772. The van der Waals surface area contributed by atoms with Gasteiger partial charge < -0.3 is 15.0 Å². The van der Waals surface area contributed by atoms with Crippen molar-refractivity contribution in [3.8, 4) is 0 Å². The van der Waals surface area contributed by atoms with Crippen molar-refractivity contribution in [3.63, 3.8) is 0 Å². The molecule has 0 spiro atoms. The van der Waals surface area contributed by atoms with E-state index < -0.39 is 0 Å². The second kappa shape index (κ2) is 5.64. The molecule has 4 heteroatoms. The van der Waals surface area contributed by atoms with Crippen LogP contribution >= 0.6 is 0 Å². The van der Waals surface area contributed by atoms with E-state index >= 15 is 0 Å². The second-order valence-electron chi connectivity index (χ2n) is 4.87. The predicted octanol–water partition coefficient (Wildman–Crippen LogP) is 0.766. The van der Waals surface area contributed by atoms with Gasteiger partial charge in [-0.25, -0.2) is 0 Å². The zero-order valence-corrected chi connectivity index (χ0v) is 10.1. The molecular formula is C12H22N2O2. The predicted molar refractivity (Wildman–Crippen MR) is 62.3 cm³/mol. The van der Waals surface area contributed by atoms with E-state index in [4.69, 9.17) is 4.74 Å². The van der Waals surface area contributed by atoms with Crippen molar-refractivity contribution >= 4 is 5.91 Å². The van der Waals surface area contributed by atoms with Gasteiger partial charge in [0.05, 0.1) is 12.6 Å². The number of ether oxygens (including phenoxy) is 1. The molecule has 0 radical (unpaired) electrons. The standard InChI is InChI=1S/C12H22N2O2/c1-14(11-5-7-16-9-11)12(15)8-10-4-2-3-6-13-10/h10-11,13H,2-9H2,1H3. The Balaban J connectivity index is 1.77. The van der Waals surface area contributed by atoms with E-state index in [0.29, 0.717) is 25.1 Å². The van der Waals surface area contributed by atoms with Gasteiger partial charge in [-0.1, -0.05) is 6.42 Å². The number of nitrogens with one attached hydrogen (secondary N) is 1. The third-order valence-corrected chi connectivity index (χ3v) is 3.68. The van der Waals surface area contributed by atoms with Gasteiger partial charge in [-0.15, -0.1) is 0 Å². The monoisotopic (exact) mass is 226 g/mol. The molecular weight excluding hydrogens is 204 g/mol. The summed E-state index contributed by atoms with van der Waals surface area (Å²) < 4.78 is 5.31. The first-order valence-corrected chi connectivity index (χ1v) is 6.34. The van der Waals surface area contributed by atoms with Gasteiger partial charge in [-0.05, 0) is 25.8 Å². The lowest BCUT2D eigenvalue weighted by atomic mass is 10.0. The van der Waals surface area contributed by atoms with Gasteiger partial charge in [-0.2, -0.15) is 0 Å². The smallest absolute Gasteiger partial charge is 0.224 e. The minimum absolute atomic E-state index is 0.259. The van der Waals surface area contributed by atoms with Crippen molar-refractivity contribution in [2.75, 3.05) is 26.8 Å². The van der Waals surface area contributed by atoms with Crippen molar-refractivity contribution in [1.82, 2.24) is 10.2 Å². The Labute approximate surface area is 97.3 Å². The molecule has 2 fully saturated rings. The molecule has 0 saturated carbocycles. The average Bonchev–Trinajstić information content (AvgIpc) is 2.83. The van der Waals surface area contributed by atoms with Crippen molar-refractivity contribution in [1.29, 1.82) is 0 Å². The topological polar surface area (TPSA) is 41.6 Å². The van der Waals surface area contributed by atoms with E-state index in [-0.39, 0.29) is 5.91 Å². The molecule has 2 saturated heterocycles. The summed E-state index contributed by atoms with van der Waals surface area (Å²) in [5.41, 5.74) is 0. The van der Waals surface area contributed by atoms with Crippen LogP contribution in [0.1, 0.15) is 32.1 Å². The van der Waals surface area contributed by atoms with Crippen LogP contribution in [0.4, 0.5) is 0 Å². The van der Waals surface area contributed by atoms with Crippen LogP contribution in [0.5, 0.6) is 0 Å². The molecule has 0 aromatic carbocycles. The molecule has 2 aliphatic rings. The largest absolute Gasteiger partial charge is 0.379 e. The Bertz CT molecular complexity index is 233. The molecule has 0 aromatic heterocycles. The van der Waals surface area contributed by atoms with E-state index in [1.54, 1.807) is 0 Å². The molecule has 2 heterocycles. The second-order valence-corrected chi connectivity index (χ2v) is 4.87. The number of rotatable bonds is 3. The van der Waals surface area contributed by atoms with Gasteiger partial charge in [0.1, 0.15) is 0 Å². The lowest BCUT2D eigenvalue weighted by Gasteiger charge is -2.28. The van der Waals surface area contributed by atoms with Crippen LogP contribution in [-0.4, -0.2) is 49.7 Å². The fourth-order valence-electron chi connectivity index (χ4n) is 2.48. The lowest BCUT2D eigenvalue weighted by Crippen LogP contribution is -2.43. The number of nitrogens with zero attached hydrogens (tertiary/aromatic N) is 1. The van der Waals surface area contributed by atoms with E-state index in [1.807, 2.05) is 11.9 Å². The van der Waals surface area contributed by atoms with E-state index in [2.05, 4.69) is 5.32 Å². The highest BCUT2D eigenvalue weighted by Gasteiger charge is 2.26. The maximum Gasteiger partial charge on any atom is 0.224 e. The third-order valence-electron chi connectivity index (χ3n) is 3.68. The summed E-state index contributed by atoms with van der Waals surface area (Å²) in [5.74, 6) is 0.259. The highest BCUT2D eigenvalue weighted by molar-refractivity contribution is 5.77. The molecule has 1 N–H and O–H groups in total. The molecule has 2 rings (SSSR count). The van der Waals surface area contributed by atoms with E-state index in [0.717, 1.165) is 26.0 Å². The minimum Gasteiger partial charge on any atom is -0.379 e. The van der Waals surface area contributed by atoms with Gasteiger partial charge >= 0.3 is 0 Å². The maximum atomic E-state index is 12.0.